The Balaban J connectivity index is 1.73. The van der Waals surface area contributed by atoms with Gasteiger partial charge in [0.05, 0.1) is 9.92 Å². The number of hydrogen-bond donors (Lipinski definition) is 0. The quantitative estimate of drug-likeness (QED) is 0.818. The molecule has 0 bridgehead atoms. The first-order valence-electron chi connectivity index (χ1n) is 8.41. The molecular formula is C17H21ClN4O2S. The maximum absolute atomic E-state index is 11.9. The molecule has 1 aliphatic heterocycles. The van der Waals surface area contributed by atoms with Gasteiger partial charge in [-0.1, -0.05) is 11.6 Å². The van der Waals surface area contributed by atoms with Crippen LogP contribution < -0.4 is 4.90 Å². The average Bonchev–Trinajstić information content (AvgIpc) is 3.02. The lowest BCUT2D eigenvalue weighted by Gasteiger charge is -2.27. The number of sulfone groups is 1. The van der Waals surface area contributed by atoms with E-state index in [9.17, 15) is 8.42 Å². The molecule has 1 aromatic carbocycles. The van der Waals surface area contributed by atoms with Crippen LogP contribution in [0.15, 0.2) is 17.0 Å². The maximum atomic E-state index is 11.9. The fourth-order valence-electron chi connectivity index (χ4n) is 4.00. The lowest BCUT2D eigenvalue weighted by Crippen LogP contribution is -2.22. The molecular weight excluding hydrogens is 360 g/mol. The van der Waals surface area contributed by atoms with Crippen molar-refractivity contribution >= 4 is 27.4 Å². The van der Waals surface area contributed by atoms with E-state index >= 15 is 0 Å². The number of halogens is 1. The molecule has 4 rings (SSSR count). The smallest absolute Gasteiger partial charge is 0.227 e. The van der Waals surface area contributed by atoms with Crippen LogP contribution in [0, 0.1) is 18.8 Å². The Bertz CT molecular complexity index is 942. The van der Waals surface area contributed by atoms with Crippen molar-refractivity contribution in [1.82, 2.24) is 14.8 Å². The molecule has 2 heterocycles. The Morgan fingerprint density at radius 1 is 1.16 bits per heavy atom. The molecule has 1 saturated heterocycles. The van der Waals surface area contributed by atoms with Gasteiger partial charge in [0.25, 0.3) is 0 Å². The third-order valence-corrected chi connectivity index (χ3v) is 7.32. The summed E-state index contributed by atoms with van der Waals surface area (Å²) in [5.74, 6) is 3.09. The molecule has 0 radical (unpaired) electrons. The van der Waals surface area contributed by atoms with Gasteiger partial charge in [0, 0.05) is 32.0 Å². The zero-order chi connectivity index (χ0) is 17.9. The van der Waals surface area contributed by atoms with Gasteiger partial charge in [0.2, 0.25) is 5.95 Å². The third-order valence-electron chi connectivity index (χ3n) is 5.60. The second kappa shape index (κ2) is 5.71. The average molecular weight is 381 g/mol. The van der Waals surface area contributed by atoms with Gasteiger partial charge in [-0.15, -0.1) is 10.2 Å². The Labute approximate surface area is 152 Å². The van der Waals surface area contributed by atoms with Crippen molar-refractivity contribution in [3.05, 3.63) is 22.7 Å². The Hall–Kier alpha value is -1.60. The van der Waals surface area contributed by atoms with Crippen LogP contribution in [-0.2, 0) is 16.9 Å². The molecule has 25 heavy (non-hydrogen) atoms. The summed E-state index contributed by atoms with van der Waals surface area (Å²) in [5, 5.41) is 9.12. The van der Waals surface area contributed by atoms with E-state index in [2.05, 4.69) is 15.1 Å². The summed E-state index contributed by atoms with van der Waals surface area (Å²) < 4.78 is 25.7. The van der Waals surface area contributed by atoms with Crippen LogP contribution in [0.5, 0.6) is 0 Å². The van der Waals surface area contributed by atoms with Gasteiger partial charge in [-0.25, -0.2) is 8.42 Å². The van der Waals surface area contributed by atoms with E-state index in [0.717, 1.165) is 30.9 Å². The lowest BCUT2D eigenvalue weighted by molar-refractivity contribution is 0.243. The van der Waals surface area contributed by atoms with Gasteiger partial charge in [-0.2, -0.15) is 0 Å². The van der Waals surface area contributed by atoms with E-state index < -0.39 is 9.84 Å². The minimum atomic E-state index is -3.31. The fourth-order valence-corrected chi connectivity index (χ4v) is 5.27. The van der Waals surface area contributed by atoms with Gasteiger partial charge in [-0.3, -0.25) is 4.57 Å². The standard InChI is InChI=1S/C17H21ClN4O2S/c1-10-14(25(3,23)24)7-6-13(15(10)18)16-19-20-17(21(16)2)22-8-11-4-5-12(11)9-22/h6-7,11-12H,4-5,8-9H2,1-3H3. The van der Waals surface area contributed by atoms with Gasteiger partial charge in [0.15, 0.2) is 15.7 Å². The molecule has 2 unspecified atom stereocenters. The SMILES string of the molecule is Cc1c(S(C)(=O)=O)ccc(-c2nnc(N3CC4CCC4C3)n2C)c1Cl. The molecule has 2 aromatic rings. The number of benzene rings is 1. The Morgan fingerprint density at radius 2 is 1.80 bits per heavy atom. The van der Waals surface area contributed by atoms with E-state index in [1.807, 2.05) is 11.6 Å². The molecule has 1 aromatic heterocycles. The van der Waals surface area contributed by atoms with E-state index in [1.165, 1.54) is 19.1 Å². The predicted octanol–water partition coefficient (Wildman–Crippen LogP) is 2.69. The van der Waals surface area contributed by atoms with Crippen LogP contribution in [0.3, 0.4) is 0 Å². The molecule has 6 nitrogen and oxygen atoms in total. The first-order chi connectivity index (χ1) is 11.8. The van der Waals surface area contributed by atoms with Gasteiger partial charge < -0.3 is 4.90 Å². The molecule has 8 heteroatoms. The monoisotopic (exact) mass is 380 g/mol. The molecule has 0 N–H and O–H groups in total. The van der Waals surface area contributed by atoms with E-state index in [4.69, 9.17) is 11.6 Å². The highest BCUT2D eigenvalue weighted by atomic mass is 35.5. The van der Waals surface area contributed by atoms with Crippen molar-refractivity contribution in [1.29, 1.82) is 0 Å². The van der Waals surface area contributed by atoms with Crippen molar-refractivity contribution in [3.8, 4) is 11.4 Å². The summed E-state index contributed by atoms with van der Waals surface area (Å²) in [6.07, 6.45) is 3.81. The molecule has 134 valence electrons. The zero-order valence-electron chi connectivity index (χ0n) is 14.5. The topological polar surface area (TPSA) is 68.1 Å². The number of anilines is 1. The summed E-state index contributed by atoms with van der Waals surface area (Å²) in [7, 11) is -1.38. The Morgan fingerprint density at radius 3 is 2.36 bits per heavy atom. The van der Waals surface area contributed by atoms with E-state index in [-0.39, 0.29) is 4.90 Å². The fraction of sp³-hybridized carbons (Fsp3) is 0.529. The van der Waals surface area contributed by atoms with Crippen LogP contribution in [0.2, 0.25) is 5.02 Å². The van der Waals surface area contributed by atoms with Crippen LogP contribution in [-0.4, -0.2) is 42.5 Å². The number of rotatable bonds is 3. The highest BCUT2D eigenvalue weighted by molar-refractivity contribution is 7.90. The molecule has 1 aliphatic carbocycles. The highest BCUT2D eigenvalue weighted by Crippen LogP contribution is 2.42. The minimum absolute atomic E-state index is 0.250. The normalized spacial score (nSPS) is 22.8. The molecule has 0 amide bonds. The first-order valence-corrected chi connectivity index (χ1v) is 10.7. The van der Waals surface area contributed by atoms with Gasteiger partial charge >= 0.3 is 0 Å². The van der Waals surface area contributed by atoms with E-state index in [1.54, 1.807) is 19.1 Å². The van der Waals surface area contributed by atoms with Crippen molar-refractivity contribution in [3.63, 3.8) is 0 Å². The molecule has 2 fully saturated rings. The zero-order valence-corrected chi connectivity index (χ0v) is 16.1. The highest BCUT2D eigenvalue weighted by Gasteiger charge is 2.40. The predicted molar refractivity (Wildman–Crippen MR) is 97.7 cm³/mol. The summed E-state index contributed by atoms with van der Waals surface area (Å²) in [6.45, 7) is 3.80. The summed E-state index contributed by atoms with van der Waals surface area (Å²) in [4.78, 5) is 2.55. The largest absolute Gasteiger partial charge is 0.340 e. The number of fused-ring (bicyclic) bond motifs is 1. The van der Waals surface area contributed by atoms with Gasteiger partial charge in [0.1, 0.15) is 0 Å². The van der Waals surface area contributed by atoms with Crippen molar-refractivity contribution in [2.45, 2.75) is 24.7 Å². The maximum Gasteiger partial charge on any atom is 0.227 e. The minimum Gasteiger partial charge on any atom is -0.340 e. The van der Waals surface area contributed by atoms with Gasteiger partial charge in [-0.05, 0) is 49.3 Å². The van der Waals surface area contributed by atoms with E-state index in [0.29, 0.717) is 22.0 Å². The molecule has 2 atom stereocenters. The lowest BCUT2D eigenvalue weighted by atomic mass is 9.77. The first kappa shape index (κ1) is 16.8. The molecule has 2 aliphatic rings. The van der Waals surface area contributed by atoms with Crippen molar-refractivity contribution in [2.75, 3.05) is 24.2 Å². The summed E-state index contributed by atoms with van der Waals surface area (Å²) in [6, 6.07) is 3.31. The van der Waals surface area contributed by atoms with Crippen molar-refractivity contribution in [2.24, 2.45) is 18.9 Å². The number of aromatic nitrogens is 3. The van der Waals surface area contributed by atoms with Crippen LogP contribution in [0.25, 0.3) is 11.4 Å². The summed E-state index contributed by atoms with van der Waals surface area (Å²) in [5.41, 5.74) is 1.25. The third kappa shape index (κ3) is 2.64. The van der Waals surface area contributed by atoms with Crippen LogP contribution in [0.4, 0.5) is 5.95 Å². The second-order valence-corrected chi connectivity index (χ2v) is 9.57. The number of nitrogens with zero attached hydrogens (tertiary/aromatic N) is 4. The van der Waals surface area contributed by atoms with Crippen LogP contribution in [0.1, 0.15) is 18.4 Å². The summed E-state index contributed by atoms with van der Waals surface area (Å²) >= 11 is 6.48. The van der Waals surface area contributed by atoms with Crippen LogP contribution >= 0.6 is 11.6 Å². The second-order valence-electron chi connectivity index (χ2n) is 7.21. The number of hydrogen-bond acceptors (Lipinski definition) is 5. The molecule has 1 saturated carbocycles. The Kier molecular flexibility index (Phi) is 3.85. The molecule has 0 spiro atoms. The van der Waals surface area contributed by atoms with Crippen molar-refractivity contribution < 1.29 is 8.42 Å².